The topological polar surface area (TPSA) is 64.4 Å². The predicted molar refractivity (Wildman–Crippen MR) is 76.7 cm³/mol. The molecule has 0 amide bonds. The molecule has 2 rings (SSSR count). The van der Waals surface area contributed by atoms with Crippen LogP contribution in [-0.2, 0) is 4.74 Å². The van der Waals surface area contributed by atoms with E-state index in [9.17, 15) is 4.79 Å². The first kappa shape index (κ1) is 14.9. The van der Waals surface area contributed by atoms with Crippen LogP contribution >= 0.6 is 0 Å². The Balaban J connectivity index is 1.76. The van der Waals surface area contributed by atoms with Crippen LogP contribution in [0.25, 0.3) is 0 Å². The molecule has 1 heterocycles. The molecular formula is C15H24N2O3. The number of aromatic nitrogens is 1. The maximum Gasteiger partial charge on any atom is 0.360 e. The fourth-order valence-electron chi connectivity index (χ4n) is 2.73. The predicted octanol–water partition coefficient (Wildman–Crippen LogP) is 3.48. The van der Waals surface area contributed by atoms with E-state index in [2.05, 4.69) is 17.2 Å². The minimum absolute atomic E-state index is 0.226. The third-order valence-electron chi connectivity index (χ3n) is 4.07. The lowest BCUT2D eigenvalue weighted by Crippen LogP contribution is -2.21. The molecule has 1 N–H and O–H groups in total. The van der Waals surface area contributed by atoms with Gasteiger partial charge in [0.15, 0.2) is 5.69 Å². The number of nitrogens with zero attached hydrogens (tertiary/aromatic N) is 1. The molecule has 0 aromatic carbocycles. The van der Waals surface area contributed by atoms with E-state index in [0.717, 1.165) is 12.5 Å². The molecule has 0 saturated heterocycles. The van der Waals surface area contributed by atoms with Crippen LogP contribution in [0.1, 0.15) is 56.4 Å². The van der Waals surface area contributed by atoms with Gasteiger partial charge in [-0.05, 0) is 31.6 Å². The molecule has 0 spiro atoms. The summed E-state index contributed by atoms with van der Waals surface area (Å²) in [6.45, 7) is 5.24. The highest BCUT2D eigenvalue weighted by molar-refractivity contribution is 5.87. The van der Waals surface area contributed by atoms with Crippen molar-refractivity contribution in [2.75, 3.05) is 18.5 Å². The summed E-state index contributed by atoms with van der Waals surface area (Å²) in [4.78, 5) is 15.6. The van der Waals surface area contributed by atoms with Crippen molar-refractivity contribution < 1.29 is 13.9 Å². The van der Waals surface area contributed by atoms with E-state index in [1.165, 1.54) is 38.4 Å². The molecule has 1 aromatic heterocycles. The number of rotatable bonds is 6. The van der Waals surface area contributed by atoms with Crippen LogP contribution in [-0.4, -0.2) is 24.1 Å². The highest BCUT2D eigenvalue weighted by Crippen LogP contribution is 2.30. The molecule has 0 radical (unpaired) electrons. The summed E-state index contributed by atoms with van der Waals surface area (Å²) in [5, 5.41) is 3.18. The fraction of sp³-hybridized carbons (Fsp3) is 0.733. The largest absolute Gasteiger partial charge is 0.461 e. The zero-order valence-corrected chi connectivity index (χ0v) is 12.4. The van der Waals surface area contributed by atoms with Crippen LogP contribution in [0.4, 0.5) is 6.01 Å². The molecule has 112 valence electrons. The van der Waals surface area contributed by atoms with E-state index in [1.807, 2.05) is 0 Å². The van der Waals surface area contributed by atoms with Gasteiger partial charge in [0.2, 0.25) is 0 Å². The van der Waals surface area contributed by atoms with Gasteiger partial charge in [0.05, 0.1) is 6.61 Å². The molecule has 0 atom stereocenters. The highest BCUT2D eigenvalue weighted by Gasteiger charge is 2.20. The number of nitrogens with one attached hydrogen (secondary N) is 1. The molecule has 1 aliphatic rings. The van der Waals surface area contributed by atoms with Gasteiger partial charge in [-0.1, -0.05) is 26.2 Å². The lowest BCUT2D eigenvalue weighted by atomic mass is 9.81. The maximum atomic E-state index is 11.5. The van der Waals surface area contributed by atoms with E-state index >= 15 is 0 Å². The number of ether oxygens (including phenoxy) is 1. The summed E-state index contributed by atoms with van der Waals surface area (Å²) >= 11 is 0. The van der Waals surface area contributed by atoms with Gasteiger partial charge >= 0.3 is 5.97 Å². The molecular weight excluding hydrogens is 256 g/mol. The Labute approximate surface area is 120 Å². The Morgan fingerprint density at radius 2 is 2.05 bits per heavy atom. The normalized spacial score (nSPS) is 22.5. The van der Waals surface area contributed by atoms with E-state index in [0.29, 0.717) is 18.5 Å². The van der Waals surface area contributed by atoms with Crippen LogP contribution < -0.4 is 5.32 Å². The van der Waals surface area contributed by atoms with Crippen molar-refractivity contribution in [2.24, 2.45) is 11.8 Å². The van der Waals surface area contributed by atoms with Crippen LogP contribution in [0.15, 0.2) is 10.7 Å². The smallest absolute Gasteiger partial charge is 0.360 e. The summed E-state index contributed by atoms with van der Waals surface area (Å²) in [7, 11) is 0. The first-order valence-corrected chi connectivity index (χ1v) is 7.59. The molecule has 1 aromatic rings. The summed E-state index contributed by atoms with van der Waals surface area (Å²) in [5.41, 5.74) is 0.226. The SMILES string of the molecule is CCOC(=O)c1coc(NCC2CCC(CC)CC2)n1. The number of anilines is 1. The lowest BCUT2D eigenvalue weighted by molar-refractivity contribution is 0.0519. The Kier molecular flexibility index (Phi) is 5.44. The molecule has 20 heavy (non-hydrogen) atoms. The molecule has 5 heteroatoms. The lowest BCUT2D eigenvalue weighted by Gasteiger charge is -2.27. The van der Waals surface area contributed by atoms with Gasteiger partial charge in [0.25, 0.3) is 6.01 Å². The summed E-state index contributed by atoms with van der Waals surface area (Å²) in [6, 6.07) is 0.408. The van der Waals surface area contributed by atoms with Gasteiger partial charge in [-0.3, -0.25) is 0 Å². The molecule has 1 aliphatic carbocycles. The number of hydrogen-bond acceptors (Lipinski definition) is 5. The quantitative estimate of drug-likeness (QED) is 0.808. The van der Waals surface area contributed by atoms with Gasteiger partial charge in [-0.25, -0.2) is 4.79 Å². The van der Waals surface area contributed by atoms with Gasteiger partial charge in [-0.15, -0.1) is 0 Å². The minimum atomic E-state index is -0.437. The van der Waals surface area contributed by atoms with Gasteiger partial charge in [0.1, 0.15) is 6.26 Å². The van der Waals surface area contributed by atoms with Crippen LogP contribution in [0.3, 0.4) is 0 Å². The molecule has 0 aliphatic heterocycles. The third kappa shape index (κ3) is 3.99. The number of oxazole rings is 1. The summed E-state index contributed by atoms with van der Waals surface area (Å²) < 4.78 is 10.1. The second-order valence-electron chi connectivity index (χ2n) is 5.43. The van der Waals surface area contributed by atoms with E-state index in [4.69, 9.17) is 9.15 Å². The van der Waals surface area contributed by atoms with Gasteiger partial charge in [0, 0.05) is 6.54 Å². The van der Waals surface area contributed by atoms with Crippen molar-refractivity contribution in [3.8, 4) is 0 Å². The number of hydrogen-bond donors (Lipinski definition) is 1. The van der Waals surface area contributed by atoms with Crippen LogP contribution in [0, 0.1) is 11.8 Å². The van der Waals surface area contributed by atoms with E-state index < -0.39 is 5.97 Å². The van der Waals surface area contributed by atoms with Crippen LogP contribution in [0.2, 0.25) is 0 Å². The Bertz CT molecular complexity index is 423. The number of carbonyl (C=O) groups is 1. The Morgan fingerprint density at radius 3 is 2.70 bits per heavy atom. The van der Waals surface area contributed by atoms with E-state index in [-0.39, 0.29) is 5.69 Å². The summed E-state index contributed by atoms with van der Waals surface area (Å²) in [6.07, 6.45) is 7.80. The minimum Gasteiger partial charge on any atom is -0.461 e. The van der Waals surface area contributed by atoms with Crippen molar-refractivity contribution in [3.63, 3.8) is 0 Å². The zero-order chi connectivity index (χ0) is 14.4. The van der Waals surface area contributed by atoms with Crippen molar-refractivity contribution in [1.82, 2.24) is 4.98 Å². The average molecular weight is 280 g/mol. The molecule has 1 saturated carbocycles. The second kappa shape index (κ2) is 7.31. The maximum absolute atomic E-state index is 11.5. The van der Waals surface area contributed by atoms with Crippen molar-refractivity contribution >= 4 is 12.0 Å². The number of carbonyl (C=O) groups excluding carboxylic acids is 1. The van der Waals surface area contributed by atoms with Crippen molar-refractivity contribution in [1.29, 1.82) is 0 Å². The first-order valence-electron chi connectivity index (χ1n) is 7.59. The standard InChI is InChI=1S/C15H24N2O3/c1-3-11-5-7-12(8-6-11)9-16-15-17-13(10-20-15)14(18)19-4-2/h10-12H,3-9H2,1-2H3,(H,16,17). The monoisotopic (exact) mass is 280 g/mol. The number of esters is 1. The van der Waals surface area contributed by atoms with Gasteiger partial charge in [-0.2, -0.15) is 4.98 Å². The molecule has 1 fully saturated rings. The fourth-order valence-corrected chi connectivity index (χ4v) is 2.73. The average Bonchev–Trinajstić information content (AvgIpc) is 2.95. The molecule has 0 bridgehead atoms. The first-order chi connectivity index (χ1) is 9.72. The Hall–Kier alpha value is -1.52. The van der Waals surface area contributed by atoms with Gasteiger partial charge < -0.3 is 14.5 Å². The zero-order valence-electron chi connectivity index (χ0n) is 12.4. The molecule has 0 unspecified atom stereocenters. The Morgan fingerprint density at radius 1 is 1.35 bits per heavy atom. The molecule has 5 nitrogen and oxygen atoms in total. The summed E-state index contributed by atoms with van der Waals surface area (Å²) in [5.74, 6) is 1.15. The van der Waals surface area contributed by atoms with E-state index in [1.54, 1.807) is 6.92 Å². The highest BCUT2D eigenvalue weighted by atomic mass is 16.5. The second-order valence-corrected chi connectivity index (χ2v) is 5.43. The third-order valence-corrected chi connectivity index (χ3v) is 4.07. The van der Waals surface area contributed by atoms with Crippen LogP contribution in [0.5, 0.6) is 0 Å². The van der Waals surface area contributed by atoms with Crippen molar-refractivity contribution in [3.05, 3.63) is 12.0 Å². The van der Waals surface area contributed by atoms with Crippen molar-refractivity contribution in [2.45, 2.75) is 46.0 Å².